The molecule has 0 spiro atoms. The van der Waals surface area contributed by atoms with Crippen LogP contribution in [0.4, 0.5) is 4.39 Å². The van der Waals surface area contributed by atoms with E-state index in [1.165, 1.54) is 12.1 Å². The molecule has 0 bridgehead atoms. The predicted molar refractivity (Wildman–Crippen MR) is 87.9 cm³/mol. The molecule has 0 atom stereocenters. The number of carbonyl (C=O) groups is 1. The standard InChI is InChI=1S/C17H26FN3O2/c18-16-3-1-15(2-4-16)5-8-20-17(22)6-7-19-9-10-21-11-13-23-14-12-21/h1-4,19H,5-14H2,(H,20,22). The molecule has 1 aliphatic heterocycles. The van der Waals surface area contributed by atoms with Gasteiger partial charge in [0.25, 0.3) is 0 Å². The van der Waals surface area contributed by atoms with Gasteiger partial charge in [0, 0.05) is 45.7 Å². The van der Waals surface area contributed by atoms with Crippen molar-refractivity contribution in [1.29, 1.82) is 0 Å². The molecular weight excluding hydrogens is 297 g/mol. The molecule has 6 heteroatoms. The van der Waals surface area contributed by atoms with Gasteiger partial charge in [-0.25, -0.2) is 4.39 Å². The molecule has 0 unspecified atom stereocenters. The molecule has 5 nitrogen and oxygen atoms in total. The molecule has 0 aromatic heterocycles. The van der Waals surface area contributed by atoms with Crippen molar-refractivity contribution >= 4 is 5.91 Å². The van der Waals surface area contributed by atoms with Crippen LogP contribution in [0.2, 0.25) is 0 Å². The Morgan fingerprint density at radius 2 is 1.87 bits per heavy atom. The van der Waals surface area contributed by atoms with Crippen molar-refractivity contribution in [3.8, 4) is 0 Å². The molecule has 1 aliphatic rings. The van der Waals surface area contributed by atoms with Crippen LogP contribution in [0.25, 0.3) is 0 Å². The van der Waals surface area contributed by atoms with Crippen molar-refractivity contribution in [1.82, 2.24) is 15.5 Å². The summed E-state index contributed by atoms with van der Waals surface area (Å²) in [6.45, 7) is 6.77. The largest absolute Gasteiger partial charge is 0.379 e. The summed E-state index contributed by atoms with van der Waals surface area (Å²) in [6, 6.07) is 6.37. The third-order valence-corrected chi connectivity index (χ3v) is 3.89. The van der Waals surface area contributed by atoms with E-state index in [4.69, 9.17) is 4.74 Å². The summed E-state index contributed by atoms with van der Waals surface area (Å²) in [6.07, 6.45) is 1.20. The van der Waals surface area contributed by atoms with Crippen LogP contribution < -0.4 is 10.6 Å². The number of hydrogen-bond acceptors (Lipinski definition) is 4. The van der Waals surface area contributed by atoms with Crippen molar-refractivity contribution in [2.75, 3.05) is 52.5 Å². The molecule has 128 valence electrons. The Morgan fingerprint density at radius 3 is 2.61 bits per heavy atom. The number of nitrogens with one attached hydrogen (secondary N) is 2. The number of morpholine rings is 1. The third-order valence-electron chi connectivity index (χ3n) is 3.89. The van der Waals surface area contributed by atoms with Crippen molar-refractivity contribution in [2.45, 2.75) is 12.8 Å². The van der Waals surface area contributed by atoms with Crippen LogP contribution in [0.1, 0.15) is 12.0 Å². The van der Waals surface area contributed by atoms with Gasteiger partial charge in [0.1, 0.15) is 5.82 Å². The molecule has 1 amide bonds. The number of hydrogen-bond donors (Lipinski definition) is 2. The summed E-state index contributed by atoms with van der Waals surface area (Å²) >= 11 is 0. The van der Waals surface area contributed by atoms with Crippen LogP contribution in [0.15, 0.2) is 24.3 Å². The van der Waals surface area contributed by atoms with E-state index in [0.29, 0.717) is 19.5 Å². The Morgan fingerprint density at radius 1 is 1.13 bits per heavy atom. The van der Waals surface area contributed by atoms with E-state index in [9.17, 15) is 9.18 Å². The SMILES string of the molecule is O=C(CCNCCN1CCOCC1)NCCc1ccc(F)cc1. The zero-order valence-electron chi connectivity index (χ0n) is 13.5. The Balaban J connectivity index is 1.46. The lowest BCUT2D eigenvalue weighted by Gasteiger charge is -2.26. The van der Waals surface area contributed by atoms with E-state index in [0.717, 1.165) is 51.4 Å². The monoisotopic (exact) mass is 323 g/mol. The van der Waals surface area contributed by atoms with Crippen LogP contribution in [0.5, 0.6) is 0 Å². The molecule has 1 aromatic rings. The number of amides is 1. The Kier molecular flexibility index (Phi) is 8.00. The number of ether oxygens (including phenoxy) is 1. The molecule has 2 rings (SSSR count). The maximum absolute atomic E-state index is 12.8. The lowest BCUT2D eigenvalue weighted by atomic mass is 10.1. The summed E-state index contributed by atoms with van der Waals surface area (Å²) in [4.78, 5) is 14.1. The summed E-state index contributed by atoms with van der Waals surface area (Å²) in [5, 5.41) is 6.18. The molecule has 0 saturated carbocycles. The Hall–Kier alpha value is -1.50. The summed E-state index contributed by atoms with van der Waals surface area (Å²) < 4.78 is 18.1. The minimum Gasteiger partial charge on any atom is -0.379 e. The van der Waals surface area contributed by atoms with Gasteiger partial charge in [0.15, 0.2) is 0 Å². The highest BCUT2D eigenvalue weighted by atomic mass is 19.1. The van der Waals surface area contributed by atoms with Gasteiger partial charge in [0.2, 0.25) is 5.91 Å². The van der Waals surface area contributed by atoms with E-state index in [1.807, 2.05) is 0 Å². The fourth-order valence-corrected chi connectivity index (χ4v) is 2.47. The molecule has 1 aromatic carbocycles. The molecule has 1 heterocycles. The zero-order chi connectivity index (χ0) is 16.3. The van der Waals surface area contributed by atoms with Crippen molar-refractivity contribution in [3.05, 3.63) is 35.6 Å². The average Bonchev–Trinajstić information content (AvgIpc) is 2.57. The minimum atomic E-state index is -0.235. The number of halogens is 1. The van der Waals surface area contributed by atoms with Gasteiger partial charge in [0.05, 0.1) is 13.2 Å². The summed E-state index contributed by atoms with van der Waals surface area (Å²) in [5.41, 5.74) is 1.02. The second kappa shape index (κ2) is 10.3. The molecule has 0 radical (unpaired) electrons. The predicted octanol–water partition coefficient (Wildman–Crippen LogP) is 0.796. The van der Waals surface area contributed by atoms with Crippen LogP contribution >= 0.6 is 0 Å². The molecular formula is C17H26FN3O2. The highest BCUT2D eigenvalue weighted by Gasteiger charge is 2.09. The number of benzene rings is 1. The molecule has 0 aliphatic carbocycles. The average molecular weight is 323 g/mol. The summed E-state index contributed by atoms with van der Waals surface area (Å²) in [7, 11) is 0. The van der Waals surface area contributed by atoms with Gasteiger partial charge in [-0.2, -0.15) is 0 Å². The quantitative estimate of drug-likeness (QED) is 0.660. The van der Waals surface area contributed by atoms with Crippen LogP contribution in [-0.4, -0.2) is 63.3 Å². The molecule has 2 N–H and O–H groups in total. The van der Waals surface area contributed by atoms with Crippen molar-refractivity contribution in [2.24, 2.45) is 0 Å². The normalized spacial score (nSPS) is 15.5. The summed E-state index contributed by atoms with van der Waals surface area (Å²) in [5.74, 6) is -0.188. The van der Waals surface area contributed by atoms with Gasteiger partial charge >= 0.3 is 0 Å². The Bertz CT molecular complexity index is 461. The van der Waals surface area contributed by atoms with Gasteiger partial charge in [-0.3, -0.25) is 9.69 Å². The first-order chi connectivity index (χ1) is 11.2. The van der Waals surface area contributed by atoms with E-state index in [2.05, 4.69) is 15.5 Å². The van der Waals surface area contributed by atoms with Gasteiger partial charge < -0.3 is 15.4 Å². The van der Waals surface area contributed by atoms with Crippen LogP contribution in [0.3, 0.4) is 0 Å². The number of nitrogens with zero attached hydrogens (tertiary/aromatic N) is 1. The topological polar surface area (TPSA) is 53.6 Å². The zero-order valence-corrected chi connectivity index (χ0v) is 13.5. The first-order valence-corrected chi connectivity index (χ1v) is 8.26. The fraction of sp³-hybridized carbons (Fsp3) is 0.588. The van der Waals surface area contributed by atoms with Crippen LogP contribution in [-0.2, 0) is 16.0 Å². The first-order valence-electron chi connectivity index (χ1n) is 8.26. The van der Waals surface area contributed by atoms with E-state index in [1.54, 1.807) is 12.1 Å². The third kappa shape index (κ3) is 7.54. The fourth-order valence-electron chi connectivity index (χ4n) is 2.47. The minimum absolute atomic E-state index is 0.0472. The van der Waals surface area contributed by atoms with E-state index < -0.39 is 0 Å². The lowest BCUT2D eigenvalue weighted by Crippen LogP contribution is -2.40. The van der Waals surface area contributed by atoms with Gasteiger partial charge in [-0.1, -0.05) is 12.1 Å². The molecule has 1 fully saturated rings. The molecule has 23 heavy (non-hydrogen) atoms. The smallest absolute Gasteiger partial charge is 0.221 e. The lowest BCUT2D eigenvalue weighted by molar-refractivity contribution is -0.120. The highest BCUT2D eigenvalue weighted by molar-refractivity contribution is 5.76. The van der Waals surface area contributed by atoms with Crippen LogP contribution in [0, 0.1) is 5.82 Å². The van der Waals surface area contributed by atoms with E-state index in [-0.39, 0.29) is 11.7 Å². The maximum atomic E-state index is 12.8. The maximum Gasteiger partial charge on any atom is 0.221 e. The van der Waals surface area contributed by atoms with E-state index >= 15 is 0 Å². The Labute approximate surface area is 137 Å². The molecule has 1 saturated heterocycles. The number of rotatable bonds is 9. The second-order valence-electron chi connectivity index (χ2n) is 5.68. The first kappa shape index (κ1) is 17.8. The second-order valence-corrected chi connectivity index (χ2v) is 5.68. The van der Waals surface area contributed by atoms with Gasteiger partial charge in [-0.05, 0) is 24.1 Å². The van der Waals surface area contributed by atoms with Crippen molar-refractivity contribution < 1.29 is 13.9 Å². The highest BCUT2D eigenvalue weighted by Crippen LogP contribution is 2.02. The van der Waals surface area contributed by atoms with Gasteiger partial charge in [-0.15, -0.1) is 0 Å². The number of carbonyl (C=O) groups excluding carboxylic acids is 1. The van der Waals surface area contributed by atoms with Crippen molar-refractivity contribution in [3.63, 3.8) is 0 Å².